The number of hydrogen-bond acceptors (Lipinski definition) is 4. The van der Waals surface area contributed by atoms with Gasteiger partial charge in [0.1, 0.15) is 17.0 Å². The minimum atomic E-state index is -1.03. The van der Waals surface area contributed by atoms with Gasteiger partial charge in [-0.2, -0.15) is 0 Å². The van der Waals surface area contributed by atoms with Crippen molar-refractivity contribution >= 4 is 63.2 Å². The molecule has 1 aromatic heterocycles. The molecule has 8 nitrogen and oxygen atoms in total. The lowest BCUT2D eigenvalue weighted by Crippen LogP contribution is -2.36. The van der Waals surface area contributed by atoms with Crippen LogP contribution in [0.1, 0.15) is 16.1 Å². The third kappa shape index (κ3) is 5.08. The van der Waals surface area contributed by atoms with Crippen molar-refractivity contribution in [3.05, 3.63) is 88.0 Å². The number of hydrogen-bond donors (Lipinski definition) is 3. The van der Waals surface area contributed by atoms with E-state index in [4.69, 9.17) is 27.9 Å². The van der Waals surface area contributed by atoms with Gasteiger partial charge in [-0.3, -0.25) is 19.8 Å². The number of nitrogens with zero attached hydrogens (tertiary/aromatic N) is 1. The summed E-state index contributed by atoms with van der Waals surface area (Å²) in [6.07, 6.45) is 0. The number of aryl methyl sites for hydroxylation is 1. The quantitative estimate of drug-likeness (QED) is 0.320. The van der Waals surface area contributed by atoms with Gasteiger partial charge in [0.2, 0.25) is 0 Å². The molecule has 0 aliphatic rings. The highest BCUT2D eigenvalue weighted by atomic mass is 35.5. The van der Waals surface area contributed by atoms with Crippen molar-refractivity contribution in [1.82, 2.24) is 4.68 Å². The number of aromatic nitrogens is 1. The van der Waals surface area contributed by atoms with E-state index >= 15 is 0 Å². The molecule has 0 fully saturated rings. The Morgan fingerprint density at radius 3 is 2.37 bits per heavy atom. The fourth-order valence-electron chi connectivity index (χ4n) is 3.52. The Labute approximate surface area is 210 Å². The number of anilines is 2. The Hall–Kier alpha value is -4.01. The fraction of sp³-hybridized carbons (Fsp3) is 0.0800. The Balaban J connectivity index is 1.68. The van der Waals surface area contributed by atoms with Crippen molar-refractivity contribution in [1.29, 1.82) is 0 Å². The number of nitrogens with one attached hydrogen (secondary N) is 3. The van der Waals surface area contributed by atoms with E-state index in [1.807, 2.05) is 25.1 Å². The van der Waals surface area contributed by atoms with Gasteiger partial charge >= 0.3 is 11.8 Å². The molecule has 0 aliphatic heterocycles. The first-order chi connectivity index (χ1) is 16.8. The van der Waals surface area contributed by atoms with E-state index in [1.54, 1.807) is 42.5 Å². The van der Waals surface area contributed by atoms with Crippen LogP contribution in [-0.2, 0) is 9.59 Å². The molecule has 0 saturated carbocycles. The van der Waals surface area contributed by atoms with Crippen molar-refractivity contribution < 1.29 is 19.1 Å². The summed E-state index contributed by atoms with van der Waals surface area (Å²) in [5.74, 6) is -2.13. The number of ether oxygens (including phenoxy) is 1. The van der Waals surface area contributed by atoms with Gasteiger partial charge in [0.15, 0.2) is 0 Å². The number of para-hydroxylation sites is 1. The Morgan fingerprint density at radius 1 is 0.886 bits per heavy atom. The molecule has 4 rings (SSSR count). The third-order valence-electron chi connectivity index (χ3n) is 5.13. The lowest BCUT2D eigenvalue weighted by atomic mass is 10.2. The summed E-state index contributed by atoms with van der Waals surface area (Å²) in [4.78, 5) is 38.7. The maximum atomic E-state index is 13.2. The van der Waals surface area contributed by atoms with Crippen LogP contribution in [-0.4, -0.2) is 29.5 Å². The molecular formula is C25H20Cl2N4O4. The van der Waals surface area contributed by atoms with Crippen molar-refractivity contribution in [3.8, 4) is 5.75 Å². The number of carbonyl (C=O) groups is 3. The van der Waals surface area contributed by atoms with Gasteiger partial charge in [-0.25, -0.2) is 4.68 Å². The molecule has 0 unspecified atom stereocenters. The lowest BCUT2D eigenvalue weighted by molar-refractivity contribution is -0.133. The minimum Gasteiger partial charge on any atom is -0.494 e. The number of benzene rings is 3. The molecule has 0 bridgehead atoms. The van der Waals surface area contributed by atoms with Crippen molar-refractivity contribution in [3.63, 3.8) is 0 Å². The van der Waals surface area contributed by atoms with Crippen LogP contribution in [0, 0.1) is 6.92 Å². The predicted molar refractivity (Wildman–Crippen MR) is 137 cm³/mol. The van der Waals surface area contributed by atoms with Gasteiger partial charge in [0, 0.05) is 11.1 Å². The highest BCUT2D eigenvalue weighted by molar-refractivity contribution is 6.46. The first kappa shape index (κ1) is 24.1. The fourth-order valence-corrected chi connectivity index (χ4v) is 3.87. The predicted octanol–water partition coefficient (Wildman–Crippen LogP) is 5.23. The number of methoxy groups -OCH3 is 1. The van der Waals surface area contributed by atoms with Gasteiger partial charge in [-0.1, -0.05) is 53.5 Å². The zero-order valence-corrected chi connectivity index (χ0v) is 20.2. The second kappa shape index (κ2) is 10.1. The largest absolute Gasteiger partial charge is 0.494 e. The van der Waals surface area contributed by atoms with E-state index in [9.17, 15) is 14.4 Å². The maximum absolute atomic E-state index is 13.2. The second-order valence-corrected chi connectivity index (χ2v) is 8.37. The van der Waals surface area contributed by atoms with Crippen molar-refractivity contribution in [2.24, 2.45) is 0 Å². The number of fused-ring (bicyclic) bond motifs is 1. The minimum absolute atomic E-state index is 0.0907. The summed E-state index contributed by atoms with van der Waals surface area (Å²) in [6.45, 7) is 1.91. The smallest absolute Gasteiger partial charge is 0.328 e. The van der Waals surface area contributed by atoms with E-state index in [-0.39, 0.29) is 21.4 Å². The average Bonchev–Trinajstić information content (AvgIpc) is 3.20. The van der Waals surface area contributed by atoms with Crippen LogP contribution in [0.5, 0.6) is 5.75 Å². The molecule has 0 spiro atoms. The van der Waals surface area contributed by atoms with Crippen molar-refractivity contribution in [2.75, 3.05) is 23.2 Å². The number of carbonyl (C=O) groups excluding carboxylic acids is 3. The molecule has 0 atom stereocenters. The van der Waals surface area contributed by atoms with Crippen LogP contribution in [0.15, 0.2) is 66.7 Å². The molecule has 3 amide bonds. The first-order valence-electron chi connectivity index (χ1n) is 10.4. The molecule has 178 valence electrons. The zero-order chi connectivity index (χ0) is 25.1. The topological polar surface area (TPSA) is 101 Å². The maximum Gasteiger partial charge on any atom is 0.328 e. The molecule has 4 aromatic rings. The Kier molecular flexibility index (Phi) is 6.95. The first-order valence-corrected chi connectivity index (χ1v) is 11.2. The molecule has 0 aliphatic carbocycles. The SMILES string of the molecule is COc1cccc2cc(C(=O)Nc3cccc(C)c3)n(NC(=O)C(=O)Nc3cccc(Cl)c3Cl)c12. The summed E-state index contributed by atoms with van der Waals surface area (Å²) in [7, 11) is 1.47. The van der Waals surface area contributed by atoms with Gasteiger partial charge < -0.3 is 15.4 Å². The summed E-state index contributed by atoms with van der Waals surface area (Å²) in [5.41, 5.74) is 4.71. The number of rotatable bonds is 5. The van der Waals surface area contributed by atoms with Crippen LogP contribution < -0.4 is 20.8 Å². The number of amides is 3. The van der Waals surface area contributed by atoms with Crippen LogP contribution in [0.2, 0.25) is 10.0 Å². The van der Waals surface area contributed by atoms with Crippen LogP contribution in [0.25, 0.3) is 10.9 Å². The molecule has 1 heterocycles. The molecule has 0 saturated heterocycles. The van der Waals surface area contributed by atoms with E-state index in [1.165, 1.54) is 17.9 Å². The lowest BCUT2D eigenvalue weighted by Gasteiger charge is -2.14. The summed E-state index contributed by atoms with van der Waals surface area (Å²) in [6, 6.07) is 18.7. The highest BCUT2D eigenvalue weighted by Gasteiger charge is 2.23. The number of halogens is 2. The Bertz CT molecular complexity index is 1470. The molecular weight excluding hydrogens is 491 g/mol. The second-order valence-electron chi connectivity index (χ2n) is 7.58. The molecule has 3 N–H and O–H groups in total. The Morgan fingerprint density at radius 2 is 1.63 bits per heavy atom. The molecule has 35 heavy (non-hydrogen) atoms. The summed E-state index contributed by atoms with van der Waals surface area (Å²) >= 11 is 12.1. The van der Waals surface area contributed by atoms with Crippen LogP contribution in [0.4, 0.5) is 11.4 Å². The highest BCUT2D eigenvalue weighted by Crippen LogP contribution is 2.30. The van der Waals surface area contributed by atoms with E-state index in [0.717, 1.165) is 5.56 Å². The van der Waals surface area contributed by atoms with Gasteiger partial charge in [0.25, 0.3) is 5.91 Å². The zero-order valence-electron chi connectivity index (χ0n) is 18.7. The average molecular weight is 511 g/mol. The van der Waals surface area contributed by atoms with Crippen LogP contribution >= 0.6 is 23.2 Å². The molecule has 3 aromatic carbocycles. The molecule has 10 heteroatoms. The van der Waals surface area contributed by atoms with E-state index in [0.29, 0.717) is 22.3 Å². The third-order valence-corrected chi connectivity index (χ3v) is 5.95. The van der Waals surface area contributed by atoms with Gasteiger partial charge in [0.05, 0.1) is 22.8 Å². The van der Waals surface area contributed by atoms with Gasteiger partial charge in [-0.05, 0) is 48.9 Å². The van der Waals surface area contributed by atoms with Crippen molar-refractivity contribution in [2.45, 2.75) is 6.92 Å². The van der Waals surface area contributed by atoms with Gasteiger partial charge in [-0.15, -0.1) is 0 Å². The standard InChI is InChI=1S/C25H20Cl2N4O4/c1-14-6-3-8-16(12-14)28-23(32)19-13-15-7-4-11-20(35-2)22(15)31(19)30-25(34)24(33)29-18-10-5-9-17(26)21(18)27/h3-13H,1-2H3,(H,28,32)(H,29,33)(H,30,34). The van der Waals surface area contributed by atoms with E-state index < -0.39 is 17.7 Å². The molecule has 0 radical (unpaired) electrons. The summed E-state index contributed by atoms with van der Waals surface area (Å²) in [5, 5.41) is 6.18. The van der Waals surface area contributed by atoms with Crippen LogP contribution in [0.3, 0.4) is 0 Å². The van der Waals surface area contributed by atoms with E-state index in [2.05, 4.69) is 16.1 Å². The normalized spacial score (nSPS) is 10.6. The summed E-state index contributed by atoms with van der Waals surface area (Å²) < 4.78 is 6.65. The monoisotopic (exact) mass is 510 g/mol.